The van der Waals surface area contributed by atoms with Crippen LogP contribution in [0.3, 0.4) is 0 Å². The molecule has 0 saturated carbocycles. The minimum absolute atomic E-state index is 0.168. The lowest BCUT2D eigenvalue weighted by atomic mass is 10.2. The molecule has 6 N–H and O–H groups in total. The maximum atomic E-state index is 13.3. The van der Waals surface area contributed by atoms with Gasteiger partial charge in [0.15, 0.2) is 11.3 Å². The van der Waals surface area contributed by atoms with Crippen LogP contribution in [0.15, 0.2) is 48.8 Å². The highest BCUT2D eigenvalue weighted by molar-refractivity contribution is 6.04. The number of imidazole rings is 2. The van der Waals surface area contributed by atoms with Crippen molar-refractivity contribution in [2.45, 2.75) is 53.9 Å². The number of rotatable bonds is 12. The van der Waals surface area contributed by atoms with Crippen LogP contribution >= 0.6 is 0 Å². The van der Waals surface area contributed by atoms with Crippen molar-refractivity contribution >= 4 is 57.9 Å². The van der Waals surface area contributed by atoms with Crippen LogP contribution in [0.5, 0.6) is 0 Å². The molecule has 4 amide bonds. The number of allylic oxidation sites excluding steroid dienone is 2. The molecule has 0 aliphatic rings. The molecule has 0 aliphatic carbocycles. The van der Waals surface area contributed by atoms with E-state index in [4.69, 9.17) is 11.5 Å². The Morgan fingerprint density at radius 1 is 0.680 bits per heavy atom. The number of hydrogen-bond donors (Lipinski definition) is 4. The number of amides is 4. The van der Waals surface area contributed by atoms with Crippen LogP contribution < -0.4 is 22.1 Å². The number of fused-ring (bicyclic) bond motifs is 2. The van der Waals surface area contributed by atoms with E-state index in [1.807, 2.05) is 26.0 Å². The van der Waals surface area contributed by atoms with Gasteiger partial charge in [-0.1, -0.05) is 12.2 Å². The topological polar surface area (TPSA) is 241 Å². The van der Waals surface area contributed by atoms with Crippen LogP contribution in [0.2, 0.25) is 0 Å². The summed E-state index contributed by atoms with van der Waals surface area (Å²) < 4.78 is 6.53. The molecule has 6 aromatic rings. The van der Waals surface area contributed by atoms with Crippen LogP contribution in [-0.4, -0.2) is 72.3 Å². The molecule has 0 saturated heterocycles. The van der Waals surface area contributed by atoms with Gasteiger partial charge in [-0.05, 0) is 52.0 Å². The maximum absolute atomic E-state index is 13.3. The van der Waals surface area contributed by atoms with Crippen molar-refractivity contribution < 1.29 is 19.2 Å². The van der Waals surface area contributed by atoms with Gasteiger partial charge in [-0.2, -0.15) is 10.2 Å². The van der Waals surface area contributed by atoms with Crippen molar-refractivity contribution in [1.82, 2.24) is 48.6 Å². The van der Waals surface area contributed by atoms with Crippen molar-refractivity contribution in [3.63, 3.8) is 0 Å². The molecule has 0 unspecified atom stereocenters. The molecule has 0 aliphatic heterocycles. The van der Waals surface area contributed by atoms with Crippen molar-refractivity contribution in [3.05, 3.63) is 82.7 Å². The number of anilines is 2. The van der Waals surface area contributed by atoms with Gasteiger partial charge >= 0.3 is 0 Å². The largest absolute Gasteiger partial charge is 0.366 e. The van der Waals surface area contributed by atoms with E-state index in [2.05, 4.69) is 40.8 Å². The van der Waals surface area contributed by atoms with E-state index in [0.29, 0.717) is 58.2 Å². The first kappa shape index (κ1) is 33.2. The normalized spacial score (nSPS) is 11.5. The highest BCUT2D eigenvalue weighted by atomic mass is 16.2. The molecule has 18 nitrogen and oxygen atoms in total. The summed E-state index contributed by atoms with van der Waals surface area (Å²) in [6.07, 6.45) is 6.31. The fraction of sp³-hybridized carbons (Fsp3) is 0.250. The van der Waals surface area contributed by atoms with E-state index < -0.39 is 23.6 Å². The highest BCUT2D eigenvalue weighted by Crippen LogP contribution is 2.22. The molecule has 0 aromatic carbocycles. The highest BCUT2D eigenvalue weighted by Gasteiger charge is 2.21. The molecule has 50 heavy (non-hydrogen) atoms. The number of carbonyl (C=O) groups excluding carboxylic acids is 4. The summed E-state index contributed by atoms with van der Waals surface area (Å²) >= 11 is 0. The fourth-order valence-corrected chi connectivity index (χ4v) is 5.46. The van der Waals surface area contributed by atoms with Gasteiger partial charge in [0.05, 0.1) is 22.5 Å². The van der Waals surface area contributed by atoms with Crippen molar-refractivity contribution in [1.29, 1.82) is 0 Å². The Morgan fingerprint density at radius 3 is 1.44 bits per heavy atom. The molecule has 6 rings (SSSR count). The van der Waals surface area contributed by atoms with E-state index in [-0.39, 0.29) is 36.1 Å². The van der Waals surface area contributed by atoms with Gasteiger partial charge in [0.1, 0.15) is 22.4 Å². The number of nitrogens with zero attached hydrogens (tertiary/aromatic N) is 10. The summed E-state index contributed by atoms with van der Waals surface area (Å²) in [6.45, 7) is 8.74. The van der Waals surface area contributed by atoms with Crippen molar-refractivity contribution in [2.75, 3.05) is 10.6 Å². The van der Waals surface area contributed by atoms with Crippen molar-refractivity contribution in [2.24, 2.45) is 11.5 Å². The number of carbonyl (C=O) groups is 4. The molecule has 18 heteroatoms. The lowest BCUT2D eigenvalue weighted by Crippen LogP contribution is -2.20. The predicted octanol–water partition coefficient (Wildman–Crippen LogP) is 2.18. The quantitative estimate of drug-likeness (QED) is 0.138. The first-order valence-corrected chi connectivity index (χ1v) is 15.7. The van der Waals surface area contributed by atoms with Crippen LogP contribution in [0.25, 0.3) is 22.3 Å². The Hall–Kier alpha value is -6.72. The average Bonchev–Trinajstić information content (AvgIpc) is 3.84. The zero-order valence-corrected chi connectivity index (χ0v) is 27.7. The number of hydrogen-bond acceptors (Lipinski definition) is 10. The number of primary amides is 2. The van der Waals surface area contributed by atoms with Gasteiger partial charge in [0.25, 0.3) is 11.8 Å². The Bertz CT molecular complexity index is 2180. The molecule has 256 valence electrons. The van der Waals surface area contributed by atoms with Gasteiger partial charge in [-0.15, -0.1) is 0 Å². The third-order valence-corrected chi connectivity index (χ3v) is 7.80. The first-order chi connectivity index (χ1) is 24.0. The second kappa shape index (κ2) is 13.4. The molecule has 0 radical (unpaired) electrons. The fourth-order valence-electron chi connectivity index (χ4n) is 5.46. The molecule has 6 aromatic heterocycles. The van der Waals surface area contributed by atoms with Gasteiger partial charge in [-0.3, -0.25) is 48.3 Å². The maximum Gasteiger partial charge on any atom is 0.276 e. The molecular weight excluding hydrogens is 644 g/mol. The lowest BCUT2D eigenvalue weighted by Gasteiger charge is -2.10. The molecule has 0 atom stereocenters. The number of aromatic nitrogens is 10. The van der Waals surface area contributed by atoms with Crippen LogP contribution in [0, 0.1) is 13.8 Å². The zero-order valence-electron chi connectivity index (χ0n) is 27.7. The number of aryl methyl sites for hydroxylation is 4. The lowest BCUT2D eigenvalue weighted by molar-refractivity contribution is 0.0991. The average molecular weight is 679 g/mol. The number of nitrogens with two attached hydrogens (primary N) is 2. The van der Waals surface area contributed by atoms with Crippen LogP contribution in [0.4, 0.5) is 11.9 Å². The molecule has 0 spiro atoms. The smallest absolute Gasteiger partial charge is 0.276 e. The number of nitrogens with one attached hydrogen (secondary N) is 2. The summed E-state index contributed by atoms with van der Waals surface area (Å²) in [5.74, 6) is -1.79. The van der Waals surface area contributed by atoms with Crippen molar-refractivity contribution in [3.8, 4) is 0 Å². The minimum Gasteiger partial charge on any atom is -0.366 e. The minimum atomic E-state index is -0.664. The first-order valence-electron chi connectivity index (χ1n) is 15.7. The standard InChI is InChI=1S/C32H34N14O4/c1-5-45-23(11-17(3)41-45)29(49)39-31-37-21-13-19(25(33)47)15-35-27(21)43(31)9-7-8-10-44-28-22(14-20(16-36-28)26(34)48)38-32(44)40-30(50)24-12-18(4)42-46(24)6-2/h7-8,11-16H,5-6,9-10H2,1-4H3,(H2,33,47)(H2,34,48)(H,37,39,49)(H,38,40,50)/b8-7+. The van der Waals surface area contributed by atoms with Crippen LogP contribution in [-0.2, 0) is 26.2 Å². The van der Waals surface area contributed by atoms with E-state index in [0.717, 1.165) is 0 Å². The monoisotopic (exact) mass is 678 g/mol. The third kappa shape index (κ3) is 6.40. The summed E-state index contributed by atoms with van der Waals surface area (Å²) in [4.78, 5) is 68.2. The van der Waals surface area contributed by atoms with E-state index >= 15 is 0 Å². The Kier molecular flexibility index (Phi) is 8.91. The summed E-state index contributed by atoms with van der Waals surface area (Å²) in [5, 5.41) is 14.4. The van der Waals surface area contributed by atoms with Gasteiger partial charge < -0.3 is 11.5 Å². The summed E-state index contributed by atoms with van der Waals surface area (Å²) in [6, 6.07) is 6.37. The zero-order chi connectivity index (χ0) is 35.7. The Morgan fingerprint density at radius 2 is 1.08 bits per heavy atom. The second-order valence-corrected chi connectivity index (χ2v) is 11.3. The van der Waals surface area contributed by atoms with E-state index in [9.17, 15) is 19.2 Å². The van der Waals surface area contributed by atoms with Crippen LogP contribution in [0.1, 0.15) is 66.9 Å². The van der Waals surface area contributed by atoms with Gasteiger partial charge in [0, 0.05) is 38.6 Å². The Labute approximate surface area is 284 Å². The predicted molar refractivity (Wildman–Crippen MR) is 182 cm³/mol. The van der Waals surface area contributed by atoms with Gasteiger partial charge in [-0.25, -0.2) is 19.9 Å². The molecule has 0 fully saturated rings. The third-order valence-electron chi connectivity index (χ3n) is 7.80. The summed E-state index contributed by atoms with van der Waals surface area (Å²) in [5.41, 5.74) is 14.9. The summed E-state index contributed by atoms with van der Waals surface area (Å²) in [7, 11) is 0. The second-order valence-electron chi connectivity index (χ2n) is 11.3. The number of pyridine rings is 2. The molecular formula is C32H34N14O4. The van der Waals surface area contributed by atoms with Gasteiger partial charge in [0.2, 0.25) is 23.7 Å². The Balaban J connectivity index is 1.32. The molecule has 0 bridgehead atoms. The SMILES string of the molecule is CCn1nc(C)cc1C(=O)Nc1nc2cc(C(N)=O)cnc2n1C/C=C/Cn1c(NC(=O)c2cc(C)nn2CC)nc2cc(C(N)=O)cnc21. The van der Waals surface area contributed by atoms with E-state index in [1.165, 1.54) is 24.5 Å². The van der Waals surface area contributed by atoms with E-state index in [1.54, 1.807) is 44.5 Å². The molecule has 6 heterocycles.